The fraction of sp³-hybridized carbons (Fsp3) is 0.421. The molecule has 7 nitrogen and oxygen atoms in total. The number of alkyl halides is 3. The third kappa shape index (κ3) is 3.43. The summed E-state index contributed by atoms with van der Waals surface area (Å²) in [5.41, 5.74) is 2.65. The van der Waals surface area contributed by atoms with E-state index in [0.717, 1.165) is 34.6 Å². The van der Waals surface area contributed by atoms with Crippen molar-refractivity contribution in [1.29, 1.82) is 0 Å². The van der Waals surface area contributed by atoms with Crippen molar-refractivity contribution < 1.29 is 17.9 Å². The van der Waals surface area contributed by atoms with Crippen LogP contribution in [0, 0.1) is 13.8 Å². The van der Waals surface area contributed by atoms with E-state index in [1.165, 1.54) is 0 Å². The van der Waals surface area contributed by atoms with Crippen molar-refractivity contribution in [2.45, 2.75) is 20.0 Å². The van der Waals surface area contributed by atoms with Gasteiger partial charge >= 0.3 is 6.18 Å². The zero-order valence-electron chi connectivity index (χ0n) is 16.4. The lowest BCUT2D eigenvalue weighted by molar-refractivity contribution is -0.146. The molecule has 1 aliphatic heterocycles. The lowest BCUT2D eigenvalue weighted by Gasteiger charge is -2.37. The number of ether oxygens (including phenoxy) is 1. The lowest BCUT2D eigenvalue weighted by Crippen LogP contribution is -2.47. The lowest BCUT2D eigenvalue weighted by atomic mass is 10.1. The Hall–Kier alpha value is -3.04. The van der Waals surface area contributed by atoms with Gasteiger partial charge in [0.15, 0.2) is 11.5 Å². The molecule has 3 heterocycles. The number of hydrogen-bond donors (Lipinski definition) is 0. The average molecular weight is 406 g/mol. The third-order valence-corrected chi connectivity index (χ3v) is 5.32. The molecule has 1 saturated heterocycles. The van der Waals surface area contributed by atoms with Gasteiger partial charge in [0.1, 0.15) is 5.75 Å². The van der Waals surface area contributed by atoms with Crippen LogP contribution in [0.3, 0.4) is 0 Å². The van der Waals surface area contributed by atoms with Crippen LogP contribution in [0.15, 0.2) is 24.3 Å². The van der Waals surface area contributed by atoms with Crippen molar-refractivity contribution in [3.63, 3.8) is 0 Å². The first kappa shape index (κ1) is 19.3. The van der Waals surface area contributed by atoms with Crippen molar-refractivity contribution in [3.05, 3.63) is 41.2 Å². The number of fused-ring (bicyclic) bond motifs is 1. The first-order valence-electron chi connectivity index (χ1n) is 9.23. The van der Waals surface area contributed by atoms with Crippen LogP contribution >= 0.6 is 0 Å². The molecule has 154 valence electrons. The summed E-state index contributed by atoms with van der Waals surface area (Å²) in [4.78, 5) is 4.23. The van der Waals surface area contributed by atoms with Gasteiger partial charge < -0.3 is 14.5 Å². The zero-order valence-corrected chi connectivity index (χ0v) is 16.4. The molecule has 0 aliphatic carbocycles. The normalized spacial score (nSPS) is 15.2. The standard InChI is InChI=1S/C19H21F3N6O/c1-12-13(2)17(25-28-16(12)23-24-18(28)19(20,21)22)27-9-7-26(8-10-27)14-5-4-6-15(11-14)29-3/h4-6,11H,7-10H2,1-3H3. The third-order valence-electron chi connectivity index (χ3n) is 5.32. The second-order valence-corrected chi connectivity index (χ2v) is 7.01. The second kappa shape index (κ2) is 7.09. The SMILES string of the molecule is COc1cccc(N2CCN(c3nn4c(C(F)(F)F)nnc4c(C)c3C)CC2)c1. The second-order valence-electron chi connectivity index (χ2n) is 7.01. The topological polar surface area (TPSA) is 58.8 Å². The minimum absolute atomic E-state index is 0.133. The smallest absolute Gasteiger partial charge is 0.453 e. The van der Waals surface area contributed by atoms with Crippen LogP contribution in [-0.4, -0.2) is 53.1 Å². The Morgan fingerprint density at radius 2 is 1.66 bits per heavy atom. The number of piperazine rings is 1. The van der Waals surface area contributed by atoms with E-state index in [9.17, 15) is 13.2 Å². The van der Waals surface area contributed by atoms with Gasteiger partial charge in [-0.15, -0.1) is 15.3 Å². The monoisotopic (exact) mass is 406 g/mol. The molecule has 0 bridgehead atoms. The van der Waals surface area contributed by atoms with E-state index >= 15 is 0 Å². The number of aromatic nitrogens is 4. The summed E-state index contributed by atoms with van der Waals surface area (Å²) in [5.74, 6) is 0.216. The Kier molecular flexibility index (Phi) is 4.71. The summed E-state index contributed by atoms with van der Waals surface area (Å²) in [6.07, 6.45) is -4.61. The summed E-state index contributed by atoms with van der Waals surface area (Å²) in [6, 6.07) is 7.82. The van der Waals surface area contributed by atoms with Crippen molar-refractivity contribution >= 4 is 17.2 Å². The summed E-state index contributed by atoms with van der Waals surface area (Å²) in [6.45, 7) is 6.32. The minimum atomic E-state index is -4.61. The predicted octanol–water partition coefficient (Wildman–Crippen LogP) is 3.10. The molecule has 0 unspecified atom stereocenters. The van der Waals surface area contributed by atoms with Gasteiger partial charge in [0.05, 0.1) is 7.11 Å². The van der Waals surface area contributed by atoms with E-state index in [-0.39, 0.29) is 5.65 Å². The van der Waals surface area contributed by atoms with Gasteiger partial charge in [0, 0.05) is 49.1 Å². The van der Waals surface area contributed by atoms with Crippen LogP contribution in [0.4, 0.5) is 24.7 Å². The number of aryl methyl sites for hydroxylation is 1. The van der Waals surface area contributed by atoms with Gasteiger partial charge in [-0.3, -0.25) is 0 Å². The largest absolute Gasteiger partial charge is 0.497 e. The minimum Gasteiger partial charge on any atom is -0.497 e. The average Bonchev–Trinajstić information content (AvgIpc) is 3.15. The van der Waals surface area contributed by atoms with Gasteiger partial charge in [-0.25, -0.2) is 0 Å². The quantitative estimate of drug-likeness (QED) is 0.666. The Bertz CT molecular complexity index is 1040. The Balaban J connectivity index is 1.62. The van der Waals surface area contributed by atoms with E-state index in [4.69, 9.17) is 4.74 Å². The number of nitrogens with zero attached hydrogens (tertiary/aromatic N) is 6. The van der Waals surface area contributed by atoms with Crippen LogP contribution in [0.5, 0.6) is 5.75 Å². The van der Waals surface area contributed by atoms with Crippen molar-refractivity contribution in [2.24, 2.45) is 0 Å². The van der Waals surface area contributed by atoms with Crippen LogP contribution in [0.2, 0.25) is 0 Å². The maximum absolute atomic E-state index is 13.3. The van der Waals surface area contributed by atoms with E-state index in [1.54, 1.807) is 14.0 Å². The molecule has 0 spiro atoms. The molecule has 0 N–H and O–H groups in total. The summed E-state index contributed by atoms with van der Waals surface area (Å²) in [5, 5.41) is 11.3. The maximum atomic E-state index is 13.3. The fourth-order valence-corrected chi connectivity index (χ4v) is 3.57. The van der Waals surface area contributed by atoms with Gasteiger partial charge in [-0.1, -0.05) is 6.07 Å². The van der Waals surface area contributed by atoms with Crippen LogP contribution in [0.1, 0.15) is 17.0 Å². The number of halogens is 3. The molecule has 3 aromatic rings. The molecule has 1 aliphatic rings. The number of rotatable bonds is 3. The van der Waals surface area contributed by atoms with E-state index in [2.05, 4.69) is 20.2 Å². The van der Waals surface area contributed by atoms with Crippen molar-refractivity contribution in [3.8, 4) is 5.75 Å². The van der Waals surface area contributed by atoms with Crippen LogP contribution in [0.25, 0.3) is 5.65 Å². The van der Waals surface area contributed by atoms with Crippen LogP contribution < -0.4 is 14.5 Å². The highest BCUT2D eigenvalue weighted by molar-refractivity contribution is 5.60. The van der Waals surface area contributed by atoms with Crippen molar-refractivity contribution in [2.75, 3.05) is 43.1 Å². The first-order chi connectivity index (χ1) is 13.8. The molecule has 0 amide bonds. The first-order valence-corrected chi connectivity index (χ1v) is 9.23. The molecule has 29 heavy (non-hydrogen) atoms. The molecule has 10 heteroatoms. The number of benzene rings is 1. The number of anilines is 2. The Morgan fingerprint density at radius 1 is 0.966 bits per heavy atom. The highest BCUT2D eigenvalue weighted by atomic mass is 19.4. The molecule has 2 aromatic heterocycles. The van der Waals surface area contributed by atoms with Crippen LogP contribution in [-0.2, 0) is 6.18 Å². The van der Waals surface area contributed by atoms with Gasteiger partial charge in [-0.05, 0) is 26.0 Å². The van der Waals surface area contributed by atoms with Gasteiger partial charge in [0.2, 0.25) is 0 Å². The highest BCUT2D eigenvalue weighted by Crippen LogP contribution is 2.31. The Morgan fingerprint density at radius 3 is 2.31 bits per heavy atom. The molecular formula is C19H21F3N6O. The van der Waals surface area contributed by atoms with Crippen molar-refractivity contribution in [1.82, 2.24) is 19.8 Å². The number of methoxy groups -OCH3 is 1. The van der Waals surface area contributed by atoms with E-state index in [1.807, 2.05) is 36.1 Å². The summed E-state index contributed by atoms with van der Waals surface area (Å²) < 4.78 is 45.9. The molecule has 0 radical (unpaired) electrons. The maximum Gasteiger partial charge on any atom is 0.453 e. The van der Waals surface area contributed by atoms with E-state index < -0.39 is 12.0 Å². The summed E-state index contributed by atoms with van der Waals surface area (Å²) in [7, 11) is 1.63. The van der Waals surface area contributed by atoms with Gasteiger partial charge in [0.25, 0.3) is 5.82 Å². The summed E-state index contributed by atoms with van der Waals surface area (Å²) >= 11 is 0. The highest BCUT2D eigenvalue weighted by Gasteiger charge is 2.38. The van der Waals surface area contributed by atoms with Gasteiger partial charge in [-0.2, -0.15) is 17.7 Å². The molecule has 1 fully saturated rings. The molecule has 0 saturated carbocycles. The molecular weight excluding hydrogens is 385 g/mol. The Labute approximate surface area is 165 Å². The molecule has 0 atom stereocenters. The predicted molar refractivity (Wildman–Crippen MR) is 103 cm³/mol. The van der Waals surface area contributed by atoms with E-state index in [0.29, 0.717) is 24.5 Å². The molecule has 4 rings (SSSR count). The number of hydrogen-bond acceptors (Lipinski definition) is 6. The zero-order chi connectivity index (χ0) is 20.8. The fourth-order valence-electron chi connectivity index (χ4n) is 3.57. The molecule has 1 aromatic carbocycles.